The van der Waals surface area contributed by atoms with E-state index in [1.807, 2.05) is 0 Å². The topological polar surface area (TPSA) is 79.0 Å². The van der Waals surface area contributed by atoms with Crippen LogP contribution in [0.1, 0.15) is 30.1 Å². The van der Waals surface area contributed by atoms with Crippen molar-refractivity contribution in [2.75, 3.05) is 39.1 Å². The van der Waals surface area contributed by atoms with E-state index in [1.165, 1.54) is 0 Å². The molecule has 1 aliphatic rings. The molecule has 0 aromatic heterocycles. The van der Waals surface area contributed by atoms with Crippen molar-refractivity contribution in [3.05, 3.63) is 29.8 Å². The lowest BCUT2D eigenvalue weighted by Crippen LogP contribution is -2.45. The first-order valence-corrected chi connectivity index (χ1v) is 8.46. The second-order valence-electron chi connectivity index (χ2n) is 6.23. The highest BCUT2D eigenvalue weighted by molar-refractivity contribution is 5.95. The van der Waals surface area contributed by atoms with E-state index in [1.54, 1.807) is 55.1 Å². The number of rotatable bonds is 4. The van der Waals surface area contributed by atoms with Crippen LogP contribution in [0.15, 0.2) is 24.3 Å². The minimum atomic E-state index is -0.408. The van der Waals surface area contributed by atoms with E-state index >= 15 is 0 Å². The van der Waals surface area contributed by atoms with Crippen LogP contribution in [-0.2, 0) is 9.53 Å². The zero-order valence-corrected chi connectivity index (χ0v) is 14.9. The number of urea groups is 1. The van der Waals surface area contributed by atoms with Crippen molar-refractivity contribution < 1.29 is 19.1 Å². The molecule has 1 saturated heterocycles. The summed E-state index contributed by atoms with van der Waals surface area (Å²) in [6.07, 6.45) is 1.26. The molecule has 0 saturated carbocycles. The average molecular weight is 347 g/mol. The van der Waals surface area contributed by atoms with E-state index < -0.39 is 5.97 Å². The monoisotopic (exact) mass is 347 g/mol. The summed E-state index contributed by atoms with van der Waals surface area (Å²) in [6, 6.07) is 6.69. The Hall–Kier alpha value is -2.57. The van der Waals surface area contributed by atoms with Gasteiger partial charge in [-0.25, -0.2) is 9.59 Å². The number of hydrogen-bond donors (Lipinski definition) is 1. The Kier molecular flexibility index (Phi) is 6.38. The van der Waals surface area contributed by atoms with Gasteiger partial charge in [0.25, 0.3) is 0 Å². The molecule has 7 nitrogen and oxygen atoms in total. The van der Waals surface area contributed by atoms with Gasteiger partial charge in [0, 0.05) is 38.8 Å². The third-order valence-electron chi connectivity index (χ3n) is 4.16. The molecule has 1 N–H and O–H groups in total. The van der Waals surface area contributed by atoms with Crippen LogP contribution < -0.4 is 5.32 Å². The number of carbonyl (C=O) groups is 3. The molecule has 0 spiro atoms. The molecule has 1 aromatic rings. The lowest BCUT2D eigenvalue weighted by molar-refractivity contribution is -0.121. The molecule has 2 rings (SSSR count). The molecule has 1 aromatic carbocycles. The smallest absolute Gasteiger partial charge is 0.338 e. The molecule has 0 aliphatic carbocycles. The molecule has 3 amide bonds. The van der Waals surface area contributed by atoms with E-state index in [0.29, 0.717) is 43.8 Å². The lowest BCUT2D eigenvalue weighted by atomic mass is 9.96. The number of amides is 3. The molecular weight excluding hydrogens is 322 g/mol. The molecule has 7 heteroatoms. The standard InChI is InChI=1S/C18H25N3O4/c1-4-25-17(23)14-6-5-7-15(12-14)19-16(22)13-8-10-21(11-9-13)18(24)20(2)3/h5-7,12-13H,4,8-11H2,1-3H3,(H,19,22). The number of ether oxygens (including phenoxy) is 1. The van der Waals surface area contributed by atoms with Gasteiger partial charge >= 0.3 is 12.0 Å². The van der Waals surface area contributed by atoms with Gasteiger partial charge in [-0.3, -0.25) is 4.79 Å². The number of esters is 1. The van der Waals surface area contributed by atoms with Gasteiger partial charge in [-0.1, -0.05) is 6.07 Å². The highest BCUT2D eigenvalue weighted by Gasteiger charge is 2.28. The Balaban J connectivity index is 1.92. The van der Waals surface area contributed by atoms with E-state index in [-0.39, 0.29) is 17.9 Å². The molecule has 136 valence electrons. The first-order chi connectivity index (χ1) is 11.9. The quantitative estimate of drug-likeness (QED) is 0.847. The van der Waals surface area contributed by atoms with E-state index in [2.05, 4.69) is 5.32 Å². The summed E-state index contributed by atoms with van der Waals surface area (Å²) in [5.74, 6) is -0.635. The van der Waals surface area contributed by atoms with Crippen LogP contribution >= 0.6 is 0 Å². The van der Waals surface area contributed by atoms with Crippen molar-refractivity contribution >= 4 is 23.6 Å². The fourth-order valence-electron chi connectivity index (χ4n) is 2.80. The Bertz CT molecular complexity index is 637. The number of likely N-dealkylation sites (tertiary alicyclic amines) is 1. The molecule has 0 atom stereocenters. The van der Waals surface area contributed by atoms with Crippen molar-refractivity contribution in [3.8, 4) is 0 Å². The van der Waals surface area contributed by atoms with Crippen LogP contribution in [0.25, 0.3) is 0 Å². The third kappa shape index (κ3) is 4.95. The van der Waals surface area contributed by atoms with Crippen LogP contribution in [0.5, 0.6) is 0 Å². The van der Waals surface area contributed by atoms with Gasteiger partial charge in [-0.15, -0.1) is 0 Å². The molecule has 1 fully saturated rings. The average Bonchev–Trinajstić information content (AvgIpc) is 2.61. The molecule has 0 unspecified atom stereocenters. The van der Waals surface area contributed by atoms with Gasteiger partial charge in [0.15, 0.2) is 0 Å². The maximum atomic E-state index is 12.4. The predicted molar refractivity (Wildman–Crippen MR) is 94.4 cm³/mol. The summed E-state index contributed by atoms with van der Waals surface area (Å²) >= 11 is 0. The van der Waals surface area contributed by atoms with Gasteiger partial charge in [0.1, 0.15) is 0 Å². The van der Waals surface area contributed by atoms with Crippen molar-refractivity contribution in [1.82, 2.24) is 9.80 Å². The summed E-state index contributed by atoms with van der Waals surface area (Å²) in [7, 11) is 3.44. The second-order valence-corrected chi connectivity index (χ2v) is 6.23. The summed E-state index contributed by atoms with van der Waals surface area (Å²) in [4.78, 5) is 39.4. The van der Waals surface area contributed by atoms with Gasteiger partial charge in [-0.2, -0.15) is 0 Å². The summed E-state index contributed by atoms with van der Waals surface area (Å²) in [6.45, 7) is 3.19. The van der Waals surface area contributed by atoms with Crippen LogP contribution in [0.3, 0.4) is 0 Å². The Morgan fingerprint density at radius 2 is 1.92 bits per heavy atom. The first-order valence-electron chi connectivity index (χ1n) is 8.46. The Morgan fingerprint density at radius 3 is 2.52 bits per heavy atom. The molecule has 1 heterocycles. The summed E-state index contributed by atoms with van der Waals surface area (Å²) in [5.41, 5.74) is 0.980. The molecule has 0 radical (unpaired) electrons. The van der Waals surface area contributed by atoms with Gasteiger partial charge < -0.3 is 19.9 Å². The number of piperidine rings is 1. The van der Waals surface area contributed by atoms with Crippen molar-refractivity contribution in [1.29, 1.82) is 0 Å². The number of benzene rings is 1. The van der Waals surface area contributed by atoms with Crippen molar-refractivity contribution in [2.45, 2.75) is 19.8 Å². The first kappa shape index (κ1) is 18.8. The molecular formula is C18H25N3O4. The van der Waals surface area contributed by atoms with E-state index in [9.17, 15) is 14.4 Å². The number of hydrogen-bond acceptors (Lipinski definition) is 4. The fourth-order valence-corrected chi connectivity index (χ4v) is 2.80. The van der Waals surface area contributed by atoms with Crippen LogP contribution in [0.4, 0.5) is 10.5 Å². The Morgan fingerprint density at radius 1 is 1.24 bits per heavy atom. The highest BCUT2D eigenvalue weighted by atomic mass is 16.5. The van der Waals surface area contributed by atoms with Gasteiger partial charge in [0.05, 0.1) is 12.2 Å². The number of nitrogens with one attached hydrogen (secondary N) is 1. The van der Waals surface area contributed by atoms with Crippen LogP contribution in [-0.4, -0.2) is 61.5 Å². The minimum Gasteiger partial charge on any atom is -0.462 e. The maximum Gasteiger partial charge on any atom is 0.338 e. The normalized spacial score (nSPS) is 14.8. The molecule has 0 bridgehead atoms. The van der Waals surface area contributed by atoms with Crippen LogP contribution in [0.2, 0.25) is 0 Å². The lowest BCUT2D eigenvalue weighted by Gasteiger charge is -2.33. The zero-order valence-electron chi connectivity index (χ0n) is 14.9. The molecule has 25 heavy (non-hydrogen) atoms. The van der Waals surface area contributed by atoms with Crippen molar-refractivity contribution in [2.24, 2.45) is 5.92 Å². The number of anilines is 1. The third-order valence-corrected chi connectivity index (χ3v) is 4.16. The number of nitrogens with zero attached hydrogens (tertiary/aromatic N) is 2. The summed E-state index contributed by atoms with van der Waals surface area (Å²) in [5, 5.41) is 2.86. The predicted octanol–water partition coefficient (Wildman–Crippen LogP) is 2.20. The van der Waals surface area contributed by atoms with E-state index in [4.69, 9.17) is 4.74 Å². The molecule has 1 aliphatic heterocycles. The Labute approximate surface area is 147 Å². The van der Waals surface area contributed by atoms with Crippen molar-refractivity contribution in [3.63, 3.8) is 0 Å². The van der Waals surface area contributed by atoms with Crippen LogP contribution in [0, 0.1) is 5.92 Å². The van der Waals surface area contributed by atoms with Gasteiger partial charge in [-0.05, 0) is 38.0 Å². The summed E-state index contributed by atoms with van der Waals surface area (Å²) < 4.78 is 4.96. The largest absolute Gasteiger partial charge is 0.462 e. The van der Waals surface area contributed by atoms with Gasteiger partial charge in [0.2, 0.25) is 5.91 Å². The zero-order chi connectivity index (χ0) is 18.4. The SMILES string of the molecule is CCOC(=O)c1cccc(NC(=O)C2CCN(C(=O)N(C)C)CC2)c1. The van der Waals surface area contributed by atoms with E-state index in [0.717, 1.165) is 0 Å². The number of carbonyl (C=O) groups excluding carboxylic acids is 3. The highest BCUT2D eigenvalue weighted by Crippen LogP contribution is 2.21. The second kappa shape index (κ2) is 8.50. The maximum absolute atomic E-state index is 12.4. The minimum absolute atomic E-state index is 0.0269. The fraction of sp³-hybridized carbons (Fsp3) is 0.500.